The van der Waals surface area contributed by atoms with Gasteiger partial charge in [0.05, 0.1) is 0 Å². The third-order valence-corrected chi connectivity index (χ3v) is 2.06. The average Bonchev–Trinajstić information content (AvgIpc) is 2.28. The zero-order valence-electron chi connectivity index (χ0n) is 9.39. The van der Waals surface area contributed by atoms with Gasteiger partial charge in [-0.15, -0.1) is 0 Å². The van der Waals surface area contributed by atoms with Crippen molar-refractivity contribution >= 4 is 11.6 Å². The van der Waals surface area contributed by atoms with Gasteiger partial charge >= 0.3 is 0 Å². The summed E-state index contributed by atoms with van der Waals surface area (Å²) in [5.41, 5.74) is 5.74. The number of nitrogen functional groups attached to an aromatic ring is 1. The number of aromatic nitrogens is 2. The lowest BCUT2D eigenvalue weighted by molar-refractivity contribution is 0.539. The molecule has 4 nitrogen and oxygen atoms in total. The molecule has 0 aliphatic carbocycles. The molecule has 1 aromatic heterocycles. The lowest BCUT2D eigenvalue weighted by Crippen LogP contribution is -2.18. The van der Waals surface area contributed by atoms with Gasteiger partial charge in [0.1, 0.15) is 11.6 Å². The Kier molecular flexibility index (Phi) is 3.38. The molecule has 0 aliphatic heterocycles. The van der Waals surface area contributed by atoms with Crippen LogP contribution in [0.2, 0.25) is 0 Å². The van der Waals surface area contributed by atoms with E-state index in [4.69, 9.17) is 5.73 Å². The number of hydrogen-bond donors (Lipinski definition) is 3. The summed E-state index contributed by atoms with van der Waals surface area (Å²) in [6, 6.07) is 0.403. The van der Waals surface area contributed by atoms with Crippen LogP contribution in [0.15, 0.2) is 0 Å². The van der Waals surface area contributed by atoms with Gasteiger partial charge in [0.15, 0.2) is 5.82 Å². The Labute approximate surface area is 85.3 Å². The number of H-pyrrole nitrogens is 1. The molecule has 0 fully saturated rings. The van der Waals surface area contributed by atoms with Crippen molar-refractivity contribution in [2.75, 3.05) is 11.1 Å². The fourth-order valence-electron chi connectivity index (χ4n) is 1.62. The highest BCUT2D eigenvalue weighted by molar-refractivity contribution is 5.57. The number of rotatable bonds is 4. The molecule has 80 valence electrons. The minimum Gasteiger partial charge on any atom is -0.382 e. The first-order chi connectivity index (χ1) is 6.49. The molecule has 1 atom stereocenters. The van der Waals surface area contributed by atoms with Crippen LogP contribution in [-0.2, 0) is 0 Å². The lowest BCUT2D eigenvalue weighted by Gasteiger charge is -2.15. The van der Waals surface area contributed by atoms with Gasteiger partial charge in [-0.25, -0.2) is 4.98 Å². The van der Waals surface area contributed by atoms with E-state index in [1.165, 1.54) is 0 Å². The number of anilines is 2. The summed E-state index contributed by atoms with van der Waals surface area (Å²) in [6.07, 6.45) is 1.12. The number of nitrogens with zero attached hydrogens (tertiary/aromatic N) is 1. The quantitative estimate of drug-likeness (QED) is 0.691. The van der Waals surface area contributed by atoms with Crippen LogP contribution in [-0.4, -0.2) is 16.0 Å². The number of nitrogens with two attached hydrogens (primary N) is 1. The van der Waals surface area contributed by atoms with Gasteiger partial charge in [-0.05, 0) is 26.2 Å². The van der Waals surface area contributed by atoms with Crippen LogP contribution in [0.25, 0.3) is 0 Å². The largest absolute Gasteiger partial charge is 0.382 e. The van der Waals surface area contributed by atoms with E-state index in [1.807, 2.05) is 6.92 Å². The van der Waals surface area contributed by atoms with Crippen molar-refractivity contribution in [1.82, 2.24) is 9.97 Å². The summed E-state index contributed by atoms with van der Waals surface area (Å²) in [5.74, 6) is 2.93. The van der Waals surface area contributed by atoms with Crippen molar-refractivity contribution in [3.63, 3.8) is 0 Å². The number of nitrogens with one attached hydrogen (secondary N) is 2. The maximum Gasteiger partial charge on any atom is 0.168 e. The van der Waals surface area contributed by atoms with Gasteiger partial charge in [-0.3, -0.25) is 0 Å². The summed E-state index contributed by atoms with van der Waals surface area (Å²) >= 11 is 0. The van der Waals surface area contributed by atoms with Gasteiger partial charge in [0.2, 0.25) is 0 Å². The minimum atomic E-state index is 0.403. The number of hydrogen-bond acceptors (Lipinski definition) is 3. The van der Waals surface area contributed by atoms with Crippen molar-refractivity contribution in [1.29, 1.82) is 0 Å². The second-order valence-electron chi connectivity index (χ2n) is 4.26. The van der Waals surface area contributed by atoms with Crippen molar-refractivity contribution in [3.8, 4) is 0 Å². The Bertz CT molecular complexity index is 290. The summed E-state index contributed by atoms with van der Waals surface area (Å²) < 4.78 is 0. The molecule has 4 N–H and O–H groups in total. The fraction of sp³-hybridized carbons (Fsp3) is 0.700. The SMILES string of the molecule is Cc1nc(NC(C)CC(C)C)c(N)[nH]1. The summed E-state index contributed by atoms with van der Waals surface area (Å²) in [6.45, 7) is 8.45. The number of aryl methyl sites for hydroxylation is 1. The van der Waals surface area contributed by atoms with Crippen LogP contribution in [0.5, 0.6) is 0 Å². The van der Waals surface area contributed by atoms with E-state index < -0.39 is 0 Å². The molecule has 1 heterocycles. The molecule has 0 amide bonds. The minimum absolute atomic E-state index is 0.403. The third kappa shape index (κ3) is 2.94. The fourth-order valence-corrected chi connectivity index (χ4v) is 1.62. The van der Waals surface area contributed by atoms with Crippen LogP contribution < -0.4 is 11.1 Å². The molecule has 0 saturated heterocycles. The Morgan fingerprint density at radius 2 is 2.07 bits per heavy atom. The molecule has 0 radical (unpaired) electrons. The highest BCUT2D eigenvalue weighted by atomic mass is 15.1. The maximum atomic E-state index is 5.74. The van der Waals surface area contributed by atoms with Crippen LogP contribution in [0.4, 0.5) is 11.6 Å². The molecule has 0 bridgehead atoms. The molecule has 0 saturated carbocycles. The smallest absolute Gasteiger partial charge is 0.168 e. The van der Waals surface area contributed by atoms with Crippen molar-refractivity contribution < 1.29 is 0 Å². The van der Waals surface area contributed by atoms with E-state index in [9.17, 15) is 0 Å². The molecule has 14 heavy (non-hydrogen) atoms. The van der Waals surface area contributed by atoms with Crippen LogP contribution in [0.3, 0.4) is 0 Å². The standard InChI is InChI=1S/C10H20N4/c1-6(2)5-7(3)12-10-9(11)13-8(4)14-10/h6-7,12H,5,11H2,1-4H3,(H,13,14). The van der Waals surface area contributed by atoms with Crippen LogP contribution in [0, 0.1) is 12.8 Å². The van der Waals surface area contributed by atoms with Crippen molar-refractivity contribution in [3.05, 3.63) is 5.82 Å². The van der Waals surface area contributed by atoms with E-state index >= 15 is 0 Å². The van der Waals surface area contributed by atoms with E-state index in [0.29, 0.717) is 17.8 Å². The number of aromatic amines is 1. The zero-order valence-corrected chi connectivity index (χ0v) is 9.39. The second kappa shape index (κ2) is 4.35. The first kappa shape index (κ1) is 10.9. The lowest BCUT2D eigenvalue weighted by atomic mass is 10.1. The Morgan fingerprint density at radius 1 is 1.43 bits per heavy atom. The summed E-state index contributed by atoms with van der Waals surface area (Å²) in [5, 5.41) is 3.29. The molecule has 0 aromatic carbocycles. The van der Waals surface area contributed by atoms with Gasteiger partial charge in [0, 0.05) is 6.04 Å². The van der Waals surface area contributed by atoms with E-state index in [0.717, 1.165) is 18.1 Å². The first-order valence-electron chi connectivity index (χ1n) is 5.07. The third-order valence-electron chi connectivity index (χ3n) is 2.06. The summed E-state index contributed by atoms with van der Waals surface area (Å²) in [4.78, 5) is 7.24. The predicted octanol–water partition coefficient (Wildman–Crippen LogP) is 2.15. The highest BCUT2D eigenvalue weighted by Crippen LogP contribution is 2.17. The molecule has 4 heteroatoms. The molecule has 1 rings (SSSR count). The normalized spacial score (nSPS) is 13.2. The predicted molar refractivity (Wildman–Crippen MR) is 60.3 cm³/mol. The van der Waals surface area contributed by atoms with Crippen LogP contribution in [0.1, 0.15) is 33.0 Å². The average molecular weight is 196 g/mol. The maximum absolute atomic E-state index is 5.74. The second-order valence-corrected chi connectivity index (χ2v) is 4.26. The first-order valence-corrected chi connectivity index (χ1v) is 5.07. The molecule has 0 aliphatic rings. The van der Waals surface area contributed by atoms with Gasteiger partial charge in [-0.1, -0.05) is 13.8 Å². The zero-order chi connectivity index (χ0) is 10.7. The Balaban J connectivity index is 2.55. The summed E-state index contributed by atoms with van der Waals surface area (Å²) in [7, 11) is 0. The van der Waals surface area contributed by atoms with Gasteiger partial charge < -0.3 is 16.0 Å². The molecular formula is C10H20N4. The van der Waals surface area contributed by atoms with E-state index in [2.05, 4.69) is 36.1 Å². The molecule has 1 aromatic rings. The monoisotopic (exact) mass is 196 g/mol. The van der Waals surface area contributed by atoms with Crippen molar-refractivity contribution in [2.24, 2.45) is 5.92 Å². The van der Waals surface area contributed by atoms with Crippen molar-refractivity contribution in [2.45, 2.75) is 40.2 Å². The highest BCUT2D eigenvalue weighted by Gasteiger charge is 2.09. The molecular weight excluding hydrogens is 176 g/mol. The molecule has 1 unspecified atom stereocenters. The van der Waals surface area contributed by atoms with E-state index in [1.54, 1.807) is 0 Å². The van der Waals surface area contributed by atoms with Gasteiger partial charge in [-0.2, -0.15) is 0 Å². The van der Waals surface area contributed by atoms with Crippen LogP contribution >= 0.6 is 0 Å². The number of imidazole rings is 1. The Morgan fingerprint density at radius 3 is 2.50 bits per heavy atom. The van der Waals surface area contributed by atoms with Gasteiger partial charge in [0.25, 0.3) is 0 Å². The Hall–Kier alpha value is -1.19. The van der Waals surface area contributed by atoms with E-state index in [-0.39, 0.29) is 0 Å². The molecule has 0 spiro atoms. The topological polar surface area (TPSA) is 66.7 Å².